The van der Waals surface area contributed by atoms with E-state index in [2.05, 4.69) is 6.07 Å². The Morgan fingerprint density at radius 2 is 1.30 bits per heavy atom. The first-order valence-corrected chi connectivity index (χ1v) is 9.08. The molecule has 0 N–H and O–H groups in total. The number of hydrogen-bond acceptors (Lipinski definition) is 4. The van der Waals surface area contributed by atoms with Crippen LogP contribution in [0.1, 0.15) is 31.8 Å². The number of fused-ring (bicyclic) bond motifs is 1. The number of carbonyl (C=O) groups is 2. The fourth-order valence-corrected chi connectivity index (χ4v) is 3.61. The highest BCUT2D eigenvalue weighted by Crippen LogP contribution is 2.32. The van der Waals surface area contributed by atoms with Gasteiger partial charge in [0.2, 0.25) is 6.79 Å². The van der Waals surface area contributed by atoms with Gasteiger partial charge in [-0.3, -0.25) is 9.59 Å². The van der Waals surface area contributed by atoms with E-state index in [1.165, 1.54) is 0 Å². The second-order valence-corrected chi connectivity index (χ2v) is 7.03. The average molecular weight is 366 g/mol. The van der Waals surface area contributed by atoms with Gasteiger partial charge in [-0.25, -0.2) is 0 Å². The van der Waals surface area contributed by atoms with Gasteiger partial charge in [0.25, 0.3) is 11.8 Å². The highest BCUT2D eigenvalue weighted by molar-refractivity contribution is 5.96. The zero-order valence-electron chi connectivity index (χ0n) is 15.5. The summed E-state index contributed by atoms with van der Waals surface area (Å²) in [6, 6.07) is 11.1. The maximum absolute atomic E-state index is 12.8. The Hall–Kier alpha value is -3.02. The van der Waals surface area contributed by atoms with Gasteiger partial charge < -0.3 is 19.3 Å². The summed E-state index contributed by atoms with van der Waals surface area (Å²) in [4.78, 5) is 29.1. The molecular weight excluding hydrogens is 344 g/mol. The molecule has 2 heterocycles. The fraction of sp³-hybridized carbons (Fsp3) is 0.333. The second-order valence-electron chi connectivity index (χ2n) is 7.03. The summed E-state index contributed by atoms with van der Waals surface area (Å²) >= 11 is 0. The van der Waals surface area contributed by atoms with Crippen LogP contribution in [-0.2, 0) is 0 Å². The summed E-state index contributed by atoms with van der Waals surface area (Å²) < 4.78 is 10.6. The zero-order chi connectivity index (χ0) is 19.0. The lowest BCUT2D eigenvalue weighted by atomic mass is 10.1. The molecule has 4 rings (SSSR count). The summed E-state index contributed by atoms with van der Waals surface area (Å²) in [5.41, 5.74) is 3.45. The Kier molecular flexibility index (Phi) is 4.48. The first-order valence-electron chi connectivity index (χ1n) is 9.08. The van der Waals surface area contributed by atoms with E-state index in [1.807, 2.05) is 30.9 Å². The largest absolute Gasteiger partial charge is 0.454 e. The molecule has 0 bridgehead atoms. The SMILES string of the molecule is Cc1cc(C)cc(C(=O)N2CCN(C(=O)c3ccc4c(c3)OCO4)CC2)c1. The van der Waals surface area contributed by atoms with Crippen LogP contribution >= 0.6 is 0 Å². The number of amides is 2. The van der Waals surface area contributed by atoms with Crippen LogP contribution < -0.4 is 9.47 Å². The maximum atomic E-state index is 12.8. The highest BCUT2D eigenvalue weighted by atomic mass is 16.7. The first-order chi connectivity index (χ1) is 13.0. The van der Waals surface area contributed by atoms with E-state index in [-0.39, 0.29) is 18.6 Å². The molecule has 2 aliphatic rings. The van der Waals surface area contributed by atoms with Gasteiger partial charge in [0.15, 0.2) is 11.5 Å². The molecule has 6 nitrogen and oxygen atoms in total. The molecule has 0 radical (unpaired) electrons. The van der Waals surface area contributed by atoms with Crippen molar-refractivity contribution in [3.05, 3.63) is 58.7 Å². The first kappa shape index (κ1) is 17.4. The fourth-order valence-electron chi connectivity index (χ4n) is 3.61. The molecule has 1 saturated heterocycles. The molecule has 0 aliphatic carbocycles. The molecule has 140 valence electrons. The number of ether oxygens (including phenoxy) is 2. The van der Waals surface area contributed by atoms with Gasteiger partial charge in [-0.15, -0.1) is 0 Å². The van der Waals surface area contributed by atoms with E-state index in [4.69, 9.17) is 9.47 Å². The van der Waals surface area contributed by atoms with Crippen molar-refractivity contribution in [3.8, 4) is 11.5 Å². The van der Waals surface area contributed by atoms with Crippen LogP contribution in [0.2, 0.25) is 0 Å². The lowest BCUT2D eigenvalue weighted by molar-refractivity contribution is 0.0535. The van der Waals surface area contributed by atoms with Gasteiger partial charge in [0.05, 0.1) is 0 Å². The highest BCUT2D eigenvalue weighted by Gasteiger charge is 2.26. The van der Waals surface area contributed by atoms with E-state index in [9.17, 15) is 9.59 Å². The molecule has 2 aliphatic heterocycles. The van der Waals surface area contributed by atoms with E-state index in [1.54, 1.807) is 23.1 Å². The van der Waals surface area contributed by atoms with E-state index in [0.29, 0.717) is 48.8 Å². The van der Waals surface area contributed by atoms with Gasteiger partial charge in [-0.2, -0.15) is 0 Å². The second kappa shape index (κ2) is 6.95. The lowest BCUT2D eigenvalue weighted by Crippen LogP contribution is -2.50. The van der Waals surface area contributed by atoms with Gasteiger partial charge >= 0.3 is 0 Å². The third-order valence-electron chi connectivity index (χ3n) is 4.94. The Balaban J connectivity index is 1.41. The smallest absolute Gasteiger partial charge is 0.254 e. The minimum absolute atomic E-state index is 0.0250. The number of piperazine rings is 1. The minimum Gasteiger partial charge on any atom is -0.454 e. The Morgan fingerprint density at radius 3 is 1.93 bits per heavy atom. The van der Waals surface area contributed by atoms with Crippen molar-refractivity contribution in [1.29, 1.82) is 0 Å². The van der Waals surface area contributed by atoms with Gasteiger partial charge in [0.1, 0.15) is 0 Å². The number of rotatable bonds is 2. The Bertz CT molecular complexity index is 881. The molecule has 27 heavy (non-hydrogen) atoms. The molecule has 2 aromatic carbocycles. The molecule has 0 atom stereocenters. The monoisotopic (exact) mass is 366 g/mol. The Morgan fingerprint density at radius 1 is 0.741 bits per heavy atom. The summed E-state index contributed by atoms with van der Waals surface area (Å²) in [6.45, 7) is 6.27. The molecule has 2 amide bonds. The van der Waals surface area contributed by atoms with E-state index < -0.39 is 0 Å². The predicted octanol–water partition coefficient (Wildman–Crippen LogP) is 2.63. The van der Waals surface area contributed by atoms with E-state index in [0.717, 1.165) is 11.1 Å². The van der Waals surface area contributed by atoms with Gasteiger partial charge in [-0.1, -0.05) is 17.2 Å². The van der Waals surface area contributed by atoms with Crippen LogP contribution in [0, 0.1) is 13.8 Å². The Labute approximate surface area is 158 Å². The number of nitrogens with zero attached hydrogens (tertiary/aromatic N) is 2. The van der Waals surface area contributed by atoms with Crippen LogP contribution in [0.5, 0.6) is 11.5 Å². The molecule has 0 unspecified atom stereocenters. The van der Waals surface area contributed by atoms with Gasteiger partial charge in [-0.05, 0) is 44.2 Å². The van der Waals surface area contributed by atoms with Gasteiger partial charge in [0, 0.05) is 37.3 Å². The van der Waals surface area contributed by atoms with Crippen LogP contribution in [0.3, 0.4) is 0 Å². The normalized spacial score (nSPS) is 15.8. The maximum Gasteiger partial charge on any atom is 0.254 e. The summed E-state index contributed by atoms with van der Waals surface area (Å²) in [5.74, 6) is 1.24. The summed E-state index contributed by atoms with van der Waals surface area (Å²) in [7, 11) is 0. The summed E-state index contributed by atoms with van der Waals surface area (Å²) in [6.07, 6.45) is 0. The van der Waals surface area contributed by atoms with Crippen molar-refractivity contribution in [3.63, 3.8) is 0 Å². The van der Waals surface area contributed by atoms with Crippen molar-refractivity contribution in [1.82, 2.24) is 9.80 Å². The number of hydrogen-bond donors (Lipinski definition) is 0. The van der Waals surface area contributed by atoms with Crippen molar-refractivity contribution in [2.45, 2.75) is 13.8 Å². The number of carbonyl (C=O) groups excluding carboxylic acids is 2. The zero-order valence-corrected chi connectivity index (χ0v) is 15.5. The lowest BCUT2D eigenvalue weighted by Gasteiger charge is -2.35. The average Bonchev–Trinajstić information content (AvgIpc) is 3.14. The quantitative estimate of drug-likeness (QED) is 0.820. The summed E-state index contributed by atoms with van der Waals surface area (Å²) in [5, 5.41) is 0. The molecule has 0 saturated carbocycles. The number of benzene rings is 2. The van der Waals surface area contributed by atoms with Crippen molar-refractivity contribution >= 4 is 11.8 Å². The van der Waals surface area contributed by atoms with Crippen LogP contribution in [0.4, 0.5) is 0 Å². The topological polar surface area (TPSA) is 59.1 Å². The molecule has 2 aromatic rings. The molecule has 1 fully saturated rings. The molecule has 0 spiro atoms. The van der Waals surface area contributed by atoms with E-state index >= 15 is 0 Å². The third-order valence-corrected chi connectivity index (χ3v) is 4.94. The van der Waals surface area contributed by atoms with Crippen LogP contribution in [-0.4, -0.2) is 54.6 Å². The third kappa shape index (κ3) is 3.47. The molecule has 0 aromatic heterocycles. The van der Waals surface area contributed by atoms with Crippen molar-refractivity contribution in [2.75, 3.05) is 33.0 Å². The number of aryl methyl sites for hydroxylation is 2. The predicted molar refractivity (Wildman–Crippen MR) is 100 cm³/mol. The van der Waals surface area contributed by atoms with Crippen LogP contribution in [0.25, 0.3) is 0 Å². The minimum atomic E-state index is -0.0493. The van der Waals surface area contributed by atoms with Crippen LogP contribution in [0.15, 0.2) is 36.4 Å². The van der Waals surface area contributed by atoms with Crippen molar-refractivity contribution in [2.24, 2.45) is 0 Å². The standard InChI is InChI=1S/C21H22N2O4/c1-14-9-15(2)11-17(10-14)21(25)23-7-5-22(6-8-23)20(24)16-3-4-18-19(12-16)27-13-26-18/h3-4,9-12H,5-8,13H2,1-2H3. The molecule has 6 heteroatoms. The van der Waals surface area contributed by atoms with Crippen molar-refractivity contribution < 1.29 is 19.1 Å². The molecular formula is C21H22N2O4.